The van der Waals surface area contributed by atoms with Crippen molar-refractivity contribution in [1.29, 1.82) is 0 Å². The molecule has 0 aromatic heterocycles. The molecule has 6 nitrogen and oxygen atoms in total. The summed E-state index contributed by atoms with van der Waals surface area (Å²) in [6.07, 6.45) is 5.03. The first-order chi connectivity index (χ1) is 13.1. The van der Waals surface area contributed by atoms with Crippen LogP contribution < -0.4 is 20.1 Å². The number of nitrogens with zero attached hydrogens (tertiary/aromatic N) is 1. The molecule has 1 aliphatic rings. The van der Waals surface area contributed by atoms with Crippen LogP contribution >= 0.6 is 0 Å². The van der Waals surface area contributed by atoms with Crippen molar-refractivity contribution >= 4 is 16.8 Å². The molecule has 7 heteroatoms. The van der Waals surface area contributed by atoms with Crippen LogP contribution in [0.5, 0.6) is 11.5 Å². The molecule has 1 saturated carbocycles. The number of hydrogen-bond acceptors (Lipinski definition) is 4. The van der Waals surface area contributed by atoms with Crippen molar-refractivity contribution in [2.24, 2.45) is 4.99 Å². The molecule has 27 heavy (non-hydrogen) atoms. The van der Waals surface area contributed by atoms with Gasteiger partial charge in [0.2, 0.25) is 0 Å². The van der Waals surface area contributed by atoms with Gasteiger partial charge in [0.05, 0.1) is 14.2 Å². The quantitative estimate of drug-likeness (QED) is 0.523. The molecule has 152 valence electrons. The maximum atomic E-state index is 12.1. The SMILES string of the molecule is CCS(=O)C1CCCC(NC(=NC)NCCc2cc(OC)ccc2OC)C1. The monoisotopic (exact) mass is 395 g/mol. The Bertz CT molecular complexity index is 651. The van der Waals surface area contributed by atoms with E-state index in [9.17, 15) is 4.21 Å². The first kappa shape index (κ1) is 21.5. The lowest BCUT2D eigenvalue weighted by Crippen LogP contribution is -2.47. The lowest BCUT2D eigenvalue weighted by atomic mass is 9.95. The third-order valence-corrected chi connectivity index (χ3v) is 6.76. The van der Waals surface area contributed by atoms with E-state index >= 15 is 0 Å². The first-order valence-corrected chi connectivity index (χ1v) is 11.0. The normalized spacial score (nSPS) is 21.4. The van der Waals surface area contributed by atoms with Gasteiger partial charge in [-0.1, -0.05) is 13.3 Å². The molecular formula is C20H33N3O3S. The number of guanidine groups is 1. The van der Waals surface area contributed by atoms with Crippen molar-refractivity contribution in [3.05, 3.63) is 23.8 Å². The molecule has 0 amide bonds. The van der Waals surface area contributed by atoms with Crippen molar-refractivity contribution in [1.82, 2.24) is 10.6 Å². The Kier molecular flexibility index (Phi) is 8.91. The van der Waals surface area contributed by atoms with Crippen LogP contribution in [0.2, 0.25) is 0 Å². The highest BCUT2D eigenvalue weighted by Gasteiger charge is 2.26. The van der Waals surface area contributed by atoms with E-state index in [1.165, 1.54) is 0 Å². The number of aliphatic imine (C=N–C) groups is 1. The summed E-state index contributed by atoms with van der Waals surface area (Å²) < 4.78 is 22.9. The number of ether oxygens (including phenoxy) is 2. The minimum absolute atomic E-state index is 0.306. The molecule has 1 aromatic rings. The largest absolute Gasteiger partial charge is 0.497 e. The Morgan fingerprint density at radius 3 is 2.78 bits per heavy atom. The molecule has 0 radical (unpaired) electrons. The minimum Gasteiger partial charge on any atom is -0.497 e. The molecule has 3 atom stereocenters. The number of methoxy groups -OCH3 is 2. The van der Waals surface area contributed by atoms with Crippen LogP contribution in [0, 0.1) is 0 Å². The number of nitrogens with one attached hydrogen (secondary N) is 2. The van der Waals surface area contributed by atoms with Gasteiger partial charge in [-0.15, -0.1) is 0 Å². The Hall–Kier alpha value is -1.76. The summed E-state index contributed by atoms with van der Waals surface area (Å²) in [4.78, 5) is 4.34. The highest BCUT2D eigenvalue weighted by atomic mass is 32.2. The molecule has 2 N–H and O–H groups in total. The highest BCUT2D eigenvalue weighted by Crippen LogP contribution is 2.24. The van der Waals surface area contributed by atoms with E-state index < -0.39 is 10.8 Å². The molecule has 0 bridgehead atoms. The molecule has 1 fully saturated rings. The average Bonchev–Trinajstić information content (AvgIpc) is 2.72. The summed E-state index contributed by atoms with van der Waals surface area (Å²) in [6.45, 7) is 2.74. The fourth-order valence-electron chi connectivity index (χ4n) is 3.53. The molecule has 0 heterocycles. The van der Waals surface area contributed by atoms with E-state index in [-0.39, 0.29) is 0 Å². The highest BCUT2D eigenvalue weighted by molar-refractivity contribution is 7.85. The molecule has 0 spiro atoms. The van der Waals surface area contributed by atoms with Crippen LogP contribution in [-0.2, 0) is 17.2 Å². The Balaban J connectivity index is 1.86. The third kappa shape index (κ3) is 6.41. The van der Waals surface area contributed by atoms with Gasteiger partial charge in [-0.05, 0) is 49.4 Å². The summed E-state index contributed by atoms with van der Waals surface area (Å²) in [6, 6.07) is 6.16. The summed E-state index contributed by atoms with van der Waals surface area (Å²) in [5, 5.41) is 7.19. The van der Waals surface area contributed by atoms with Crippen LogP contribution in [-0.4, -0.2) is 55.0 Å². The van der Waals surface area contributed by atoms with E-state index in [2.05, 4.69) is 15.6 Å². The predicted molar refractivity (Wildman–Crippen MR) is 112 cm³/mol. The van der Waals surface area contributed by atoms with Crippen LogP contribution in [0.15, 0.2) is 23.2 Å². The van der Waals surface area contributed by atoms with E-state index in [4.69, 9.17) is 9.47 Å². The number of rotatable bonds is 8. The van der Waals surface area contributed by atoms with Crippen LogP contribution in [0.3, 0.4) is 0 Å². The lowest BCUT2D eigenvalue weighted by molar-refractivity contribution is 0.398. The Morgan fingerprint density at radius 2 is 2.11 bits per heavy atom. The summed E-state index contributed by atoms with van der Waals surface area (Å²) in [5.74, 6) is 3.22. The summed E-state index contributed by atoms with van der Waals surface area (Å²) >= 11 is 0. The number of hydrogen-bond donors (Lipinski definition) is 2. The minimum atomic E-state index is -0.714. The van der Waals surface area contributed by atoms with Gasteiger partial charge in [-0.2, -0.15) is 0 Å². The Labute approximate surface area is 165 Å². The van der Waals surface area contributed by atoms with Gasteiger partial charge >= 0.3 is 0 Å². The molecular weight excluding hydrogens is 362 g/mol. The van der Waals surface area contributed by atoms with E-state index in [1.807, 2.05) is 25.1 Å². The fourth-order valence-corrected chi connectivity index (χ4v) is 4.88. The predicted octanol–water partition coefficient (Wildman–Crippen LogP) is 2.49. The van der Waals surface area contributed by atoms with E-state index in [0.29, 0.717) is 11.3 Å². The maximum absolute atomic E-state index is 12.1. The van der Waals surface area contributed by atoms with Crippen molar-refractivity contribution in [3.63, 3.8) is 0 Å². The van der Waals surface area contributed by atoms with Gasteiger partial charge in [0.15, 0.2) is 5.96 Å². The third-order valence-electron chi connectivity index (χ3n) is 5.02. The molecule has 1 aromatic carbocycles. The van der Waals surface area contributed by atoms with Gasteiger partial charge in [0.25, 0.3) is 0 Å². The molecule has 2 rings (SSSR count). The molecule has 0 saturated heterocycles. The standard InChI is InChI=1S/C20H33N3O3S/c1-5-27(24)18-8-6-7-16(14-18)23-20(21-2)22-12-11-15-13-17(25-3)9-10-19(15)26-4/h9-10,13,16,18H,5-8,11-12,14H2,1-4H3,(H2,21,22,23). The van der Waals surface area contributed by atoms with Crippen LogP contribution in [0.25, 0.3) is 0 Å². The second kappa shape index (κ2) is 11.2. The van der Waals surface area contributed by atoms with Crippen LogP contribution in [0.1, 0.15) is 38.2 Å². The second-order valence-electron chi connectivity index (χ2n) is 6.73. The Morgan fingerprint density at radius 1 is 1.30 bits per heavy atom. The topological polar surface area (TPSA) is 72.0 Å². The lowest BCUT2D eigenvalue weighted by Gasteiger charge is -2.30. The van der Waals surface area contributed by atoms with Crippen molar-refractivity contribution in [2.75, 3.05) is 33.6 Å². The zero-order valence-electron chi connectivity index (χ0n) is 16.9. The van der Waals surface area contributed by atoms with E-state index in [1.54, 1.807) is 21.3 Å². The molecule has 0 aliphatic heterocycles. The first-order valence-electron chi connectivity index (χ1n) is 9.66. The van der Waals surface area contributed by atoms with Crippen molar-refractivity contribution in [3.8, 4) is 11.5 Å². The van der Waals surface area contributed by atoms with E-state index in [0.717, 1.165) is 67.4 Å². The number of benzene rings is 1. The fraction of sp³-hybridized carbons (Fsp3) is 0.650. The van der Waals surface area contributed by atoms with Gasteiger partial charge in [0, 0.05) is 41.4 Å². The molecule has 3 unspecified atom stereocenters. The van der Waals surface area contributed by atoms with Crippen molar-refractivity contribution in [2.45, 2.75) is 50.3 Å². The smallest absolute Gasteiger partial charge is 0.191 e. The van der Waals surface area contributed by atoms with Gasteiger partial charge in [-0.25, -0.2) is 0 Å². The second-order valence-corrected chi connectivity index (χ2v) is 8.73. The maximum Gasteiger partial charge on any atom is 0.191 e. The van der Waals surface area contributed by atoms with Gasteiger partial charge < -0.3 is 20.1 Å². The summed E-state index contributed by atoms with van der Waals surface area (Å²) in [5.41, 5.74) is 1.09. The van der Waals surface area contributed by atoms with Gasteiger partial charge in [0.1, 0.15) is 11.5 Å². The zero-order valence-corrected chi connectivity index (χ0v) is 17.7. The molecule has 1 aliphatic carbocycles. The zero-order chi connectivity index (χ0) is 19.6. The van der Waals surface area contributed by atoms with Gasteiger partial charge in [-0.3, -0.25) is 9.20 Å². The van der Waals surface area contributed by atoms with Crippen LogP contribution in [0.4, 0.5) is 0 Å². The van der Waals surface area contributed by atoms with Crippen molar-refractivity contribution < 1.29 is 13.7 Å². The average molecular weight is 396 g/mol. The summed E-state index contributed by atoms with van der Waals surface area (Å²) in [7, 11) is 4.41.